The smallest absolute Gasteiger partial charge is 0.341 e. The van der Waals surface area contributed by atoms with Gasteiger partial charge in [0.15, 0.2) is 0 Å². The van der Waals surface area contributed by atoms with Crippen LogP contribution in [0.25, 0.3) is 0 Å². The molecule has 0 heterocycles. The van der Waals surface area contributed by atoms with E-state index in [1.54, 1.807) is 48.5 Å². The maximum absolute atomic E-state index is 17.2. The summed E-state index contributed by atoms with van der Waals surface area (Å²) in [7, 11) is 13.9. The molecule has 0 saturated heterocycles. The monoisotopic (exact) mass is 1520 g/mol. The lowest BCUT2D eigenvalue weighted by molar-refractivity contribution is 0.0588. The van der Waals surface area contributed by atoms with Gasteiger partial charge in [-0.15, -0.1) is 0 Å². The Morgan fingerprint density at radius 1 is 0.291 bits per heavy atom. The van der Waals surface area contributed by atoms with E-state index >= 15 is 19.2 Å². The SMILES string of the molecule is COC(=O)c1cc(NC(=O)c2cc(N(Cc3ccc(OC)cc3OC)C(=O)c3cc(C(=O)N(Cc4ccc(OC)cc4OC)c4cc(C(=O)Nc5cc(C(=O)OC)c(OC)cc5OC)c(OCC(C)C)cc4OCC(C)C)c(OCC(C)C)cc3OCC(C)C)c(OCC(C)C)cc2OCC(C)C)c(OC)cc1OC. The molecule has 0 aliphatic rings. The summed E-state index contributed by atoms with van der Waals surface area (Å²) in [5.74, 6) is -2.89. The molecule has 26 heteroatoms. The molecule has 0 spiro atoms. The first-order chi connectivity index (χ1) is 52.5. The van der Waals surface area contributed by atoms with Crippen LogP contribution in [0.5, 0.6) is 80.5 Å². The highest BCUT2D eigenvalue weighted by atomic mass is 16.5. The highest BCUT2D eigenvalue weighted by Gasteiger charge is 2.36. The van der Waals surface area contributed by atoms with Gasteiger partial charge < -0.3 is 96.2 Å². The fourth-order valence-electron chi connectivity index (χ4n) is 11.1. The van der Waals surface area contributed by atoms with E-state index < -0.39 is 35.6 Å². The summed E-state index contributed by atoms with van der Waals surface area (Å²) >= 11 is 0. The number of nitrogens with zero attached hydrogens (tertiary/aromatic N) is 2. The minimum atomic E-state index is -0.790. The van der Waals surface area contributed by atoms with Gasteiger partial charge in [-0.3, -0.25) is 19.2 Å². The Balaban J connectivity index is 1.63. The Morgan fingerprint density at radius 3 is 0.855 bits per heavy atom. The molecule has 0 fully saturated rings. The van der Waals surface area contributed by atoms with Crippen molar-refractivity contribution in [2.45, 2.75) is 96.2 Å². The second-order valence-electron chi connectivity index (χ2n) is 28.2. The van der Waals surface area contributed by atoms with Crippen molar-refractivity contribution in [3.63, 3.8) is 0 Å². The van der Waals surface area contributed by atoms with Crippen molar-refractivity contribution in [3.8, 4) is 80.5 Å². The lowest BCUT2D eigenvalue weighted by Crippen LogP contribution is -2.34. The molecule has 110 heavy (non-hydrogen) atoms. The quantitative estimate of drug-likeness (QED) is 0.0338. The Hall–Kier alpha value is -11.4. The first-order valence-electron chi connectivity index (χ1n) is 36.2. The van der Waals surface area contributed by atoms with Gasteiger partial charge in [0, 0.05) is 53.6 Å². The first-order valence-corrected chi connectivity index (χ1v) is 36.2. The lowest BCUT2D eigenvalue weighted by Gasteiger charge is -2.30. The van der Waals surface area contributed by atoms with E-state index in [4.69, 9.17) is 75.8 Å². The minimum absolute atomic E-state index is 0.00234. The largest absolute Gasteiger partial charge is 0.497 e. The molecule has 0 aromatic heterocycles. The number of rotatable bonds is 40. The highest BCUT2D eigenvalue weighted by Crippen LogP contribution is 2.46. The molecule has 0 unspecified atom stereocenters. The maximum Gasteiger partial charge on any atom is 0.341 e. The molecule has 7 aromatic rings. The van der Waals surface area contributed by atoms with Crippen LogP contribution in [0, 0.1) is 35.5 Å². The molecular formula is C84H106N4O22. The van der Waals surface area contributed by atoms with Crippen LogP contribution in [0.15, 0.2) is 97.1 Å². The van der Waals surface area contributed by atoms with E-state index in [1.165, 1.54) is 129 Å². The van der Waals surface area contributed by atoms with Crippen molar-refractivity contribution in [3.05, 3.63) is 142 Å². The molecule has 0 saturated carbocycles. The molecule has 594 valence electrons. The molecule has 0 aliphatic carbocycles. The summed E-state index contributed by atoms with van der Waals surface area (Å²) in [5.41, 5.74) is 0.481. The number of methoxy groups -OCH3 is 10. The van der Waals surface area contributed by atoms with Crippen molar-refractivity contribution in [1.82, 2.24) is 0 Å². The molecule has 0 bridgehead atoms. The van der Waals surface area contributed by atoms with Crippen molar-refractivity contribution in [1.29, 1.82) is 0 Å². The third-order valence-corrected chi connectivity index (χ3v) is 16.7. The normalized spacial score (nSPS) is 11.1. The second-order valence-corrected chi connectivity index (χ2v) is 28.2. The van der Waals surface area contributed by atoms with Crippen LogP contribution in [0.2, 0.25) is 0 Å². The topological polar surface area (TPSA) is 281 Å². The molecule has 26 nitrogen and oxygen atoms in total. The van der Waals surface area contributed by atoms with Crippen molar-refractivity contribution in [2.24, 2.45) is 35.5 Å². The van der Waals surface area contributed by atoms with E-state index in [2.05, 4.69) is 10.6 Å². The van der Waals surface area contributed by atoms with Crippen LogP contribution < -0.4 is 86.7 Å². The van der Waals surface area contributed by atoms with E-state index in [9.17, 15) is 9.59 Å². The summed E-state index contributed by atoms with van der Waals surface area (Å²) in [6.07, 6.45) is 0. The van der Waals surface area contributed by atoms with Gasteiger partial charge in [0.25, 0.3) is 23.6 Å². The zero-order valence-electron chi connectivity index (χ0n) is 67.2. The van der Waals surface area contributed by atoms with E-state index in [0.717, 1.165) is 0 Å². The summed E-state index contributed by atoms with van der Waals surface area (Å²) in [6.45, 7) is 23.3. The van der Waals surface area contributed by atoms with Gasteiger partial charge in [0.05, 0.1) is 169 Å². The highest BCUT2D eigenvalue weighted by molar-refractivity contribution is 6.16. The number of anilines is 4. The van der Waals surface area contributed by atoms with Crippen molar-refractivity contribution in [2.75, 3.05) is 131 Å². The average Bonchev–Trinajstić information content (AvgIpc) is 0.764. The van der Waals surface area contributed by atoms with Crippen molar-refractivity contribution < 1.29 is 105 Å². The number of carbonyl (C=O) groups excluding carboxylic acids is 6. The third kappa shape index (κ3) is 21.9. The summed E-state index contributed by atoms with van der Waals surface area (Å²) in [4.78, 5) is 94.7. The minimum Gasteiger partial charge on any atom is -0.497 e. The van der Waals surface area contributed by atoms with Crippen LogP contribution in [-0.4, -0.2) is 146 Å². The summed E-state index contributed by atoms with van der Waals surface area (Å²) < 4.78 is 96.2. The predicted molar refractivity (Wildman–Crippen MR) is 419 cm³/mol. The van der Waals surface area contributed by atoms with Gasteiger partial charge in [-0.25, -0.2) is 9.59 Å². The molecule has 7 aromatic carbocycles. The Morgan fingerprint density at radius 2 is 0.573 bits per heavy atom. The Bertz CT molecular complexity index is 4110. The van der Waals surface area contributed by atoms with Gasteiger partial charge in [-0.05, 0) is 90.1 Å². The van der Waals surface area contributed by atoms with Gasteiger partial charge >= 0.3 is 11.9 Å². The molecule has 0 atom stereocenters. The molecule has 7 rings (SSSR count). The fraction of sp³-hybridized carbons (Fsp3) is 0.429. The number of ether oxygens (including phenoxy) is 16. The first kappa shape index (κ1) is 85.8. The number of benzene rings is 7. The van der Waals surface area contributed by atoms with Crippen LogP contribution in [0.4, 0.5) is 22.7 Å². The van der Waals surface area contributed by atoms with Gasteiger partial charge in [0.2, 0.25) is 0 Å². The number of esters is 2. The van der Waals surface area contributed by atoms with Gasteiger partial charge in [-0.2, -0.15) is 0 Å². The molecule has 2 N–H and O–H groups in total. The van der Waals surface area contributed by atoms with E-state index in [0.29, 0.717) is 34.1 Å². The molecular weight excluding hydrogens is 1420 g/mol. The standard InChI is InChI=1S/C84H106N4O22/c1-47(2)41-105-71-37-77(109-45-51(9)10)65(32-57(71)79(89)85-63-30-61(83(93)103-21)69(99-17)34-75(63)101-19)87(39-53-23-25-55(95-13)27-67(53)97-15)81(91)59-29-60(74(108-44-50(7)8)36-73(59)107-43-49(5)6)82(92)88(40-54-24-26-56(96-14)28-68(54)98-16)66-33-58(72(106-42-48(3)4)38-78(66)110-46-52(11)12)80(90)86-64-31-62(84(94)104-22)70(100-18)35-76(64)102-20/h23-38,47-52H,39-46H2,1-22H3,(H,85,89)(H,86,90). The number of hydrogen-bond donors (Lipinski definition) is 2. The molecule has 0 aliphatic heterocycles. The van der Waals surface area contributed by atoms with E-state index in [-0.39, 0.29) is 202 Å². The second kappa shape index (κ2) is 40.1. The Kier molecular flexibility index (Phi) is 31.3. The zero-order chi connectivity index (χ0) is 80.8. The van der Waals surface area contributed by atoms with Gasteiger partial charge in [0.1, 0.15) is 91.6 Å². The number of hydrogen-bond acceptors (Lipinski definition) is 22. The van der Waals surface area contributed by atoms with Crippen LogP contribution in [-0.2, 0) is 22.6 Å². The maximum atomic E-state index is 17.2. The number of nitrogens with one attached hydrogen (secondary N) is 2. The van der Waals surface area contributed by atoms with E-state index in [1.807, 2.05) is 83.1 Å². The summed E-state index contributed by atoms with van der Waals surface area (Å²) in [5, 5.41) is 5.84. The summed E-state index contributed by atoms with van der Waals surface area (Å²) in [6, 6.07) is 24.7. The van der Waals surface area contributed by atoms with Gasteiger partial charge in [-0.1, -0.05) is 83.1 Å². The average molecular weight is 1520 g/mol. The van der Waals surface area contributed by atoms with Crippen LogP contribution in [0.3, 0.4) is 0 Å². The lowest BCUT2D eigenvalue weighted by atomic mass is 10.0. The van der Waals surface area contributed by atoms with Crippen molar-refractivity contribution >= 4 is 58.3 Å². The molecule has 0 radical (unpaired) electrons. The fourth-order valence-corrected chi connectivity index (χ4v) is 11.1. The number of carbonyl (C=O) groups is 6. The zero-order valence-corrected chi connectivity index (χ0v) is 67.2. The Labute approximate surface area is 645 Å². The van der Waals surface area contributed by atoms with Crippen LogP contribution >= 0.6 is 0 Å². The number of amides is 4. The van der Waals surface area contributed by atoms with Crippen LogP contribution in [0.1, 0.15) is 156 Å². The molecule has 4 amide bonds. The predicted octanol–water partition coefficient (Wildman–Crippen LogP) is 15.7. The third-order valence-electron chi connectivity index (χ3n) is 16.7.